The lowest BCUT2D eigenvalue weighted by atomic mass is 10.1. The predicted molar refractivity (Wildman–Crippen MR) is 90.2 cm³/mol. The Hall–Kier alpha value is -1.84. The molecule has 0 saturated heterocycles. The van der Waals surface area contributed by atoms with Gasteiger partial charge in [-0.25, -0.2) is 0 Å². The molecule has 0 atom stereocenters. The number of hydrogen-bond acceptors (Lipinski definition) is 2. The molecule has 0 fully saturated rings. The van der Waals surface area contributed by atoms with Gasteiger partial charge in [-0.2, -0.15) is 0 Å². The van der Waals surface area contributed by atoms with Crippen molar-refractivity contribution in [3.05, 3.63) is 35.4 Å². The first-order chi connectivity index (χ1) is 10.7. The minimum Gasteiger partial charge on any atom is -0.352 e. The minimum absolute atomic E-state index is 0.171. The number of carbonyl (C=O) groups is 2. The molecule has 122 valence electrons. The maximum atomic E-state index is 12.2. The molecule has 0 spiro atoms. The van der Waals surface area contributed by atoms with Gasteiger partial charge in [0.2, 0.25) is 0 Å². The minimum atomic E-state index is -0.171. The van der Waals surface area contributed by atoms with Crippen LogP contribution in [-0.4, -0.2) is 24.9 Å². The van der Waals surface area contributed by atoms with E-state index in [1.165, 1.54) is 0 Å². The van der Waals surface area contributed by atoms with E-state index < -0.39 is 0 Å². The van der Waals surface area contributed by atoms with Gasteiger partial charge in [0.05, 0.1) is 11.1 Å². The third-order valence-electron chi connectivity index (χ3n) is 3.55. The van der Waals surface area contributed by atoms with E-state index in [1.54, 1.807) is 24.3 Å². The highest BCUT2D eigenvalue weighted by molar-refractivity contribution is 6.07. The molecule has 1 rings (SSSR count). The van der Waals surface area contributed by atoms with E-state index in [0.717, 1.165) is 38.5 Å². The van der Waals surface area contributed by atoms with Gasteiger partial charge in [-0.05, 0) is 25.0 Å². The van der Waals surface area contributed by atoms with Crippen LogP contribution < -0.4 is 10.6 Å². The van der Waals surface area contributed by atoms with Crippen LogP contribution in [0.15, 0.2) is 24.3 Å². The molecule has 22 heavy (non-hydrogen) atoms. The fraction of sp³-hybridized carbons (Fsp3) is 0.556. The Labute approximate surface area is 133 Å². The molecule has 0 heterocycles. The van der Waals surface area contributed by atoms with Crippen molar-refractivity contribution in [3.8, 4) is 0 Å². The van der Waals surface area contributed by atoms with Gasteiger partial charge in [0, 0.05) is 13.1 Å². The van der Waals surface area contributed by atoms with Crippen LogP contribution in [0.1, 0.15) is 73.1 Å². The van der Waals surface area contributed by atoms with Gasteiger partial charge in [-0.1, -0.05) is 51.7 Å². The quantitative estimate of drug-likeness (QED) is 0.650. The lowest BCUT2D eigenvalue weighted by Crippen LogP contribution is -2.30. The molecule has 0 aliphatic rings. The topological polar surface area (TPSA) is 58.2 Å². The van der Waals surface area contributed by atoms with Gasteiger partial charge >= 0.3 is 0 Å². The summed E-state index contributed by atoms with van der Waals surface area (Å²) in [5.74, 6) is -0.342. The summed E-state index contributed by atoms with van der Waals surface area (Å²) >= 11 is 0. The van der Waals surface area contributed by atoms with Crippen LogP contribution in [0.3, 0.4) is 0 Å². The number of rotatable bonds is 10. The van der Waals surface area contributed by atoms with E-state index in [1.807, 2.05) is 0 Å². The molecule has 2 N–H and O–H groups in total. The summed E-state index contributed by atoms with van der Waals surface area (Å²) in [6, 6.07) is 6.98. The average Bonchev–Trinajstić information content (AvgIpc) is 2.55. The van der Waals surface area contributed by atoms with Crippen LogP contribution in [-0.2, 0) is 0 Å². The molecular weight excluding hydrogens is 276 g/mol. The van der Waals surface area contributed by atoms with E-state index in [2.05, 4.69) is 24.5 Å². The molecule has 4 heteroatoms. The molecule has 0 bridgehead atoms. The summed E-state index contributed by atoms with van der Waals surface area (Å²) in [7, 11) is 0. The Morgan fingerprint density at radius 3 is 1.55 bits per heavy atom. The third-order valence-corrected chi connectivity index (χ3v) is 3.55. The lowest BCUT2D eigenvalue weighted by molar-refractivity contribution is 0.0918. The van der Waals surface area contributed by atoms with Crippen LogP contribution in [0.25, 0.3) is 0 Å². The summed E-state index contributed by atoms with van der Waals surface area (Å²) in [5, 5.41) is 5.77. The molecule has 0 saturated carbocycles. The summed E-state index contributed by atoms with van der Waals surface area (Å²) in [6.07, 6.45) is 6.36. The van der Waals surface area contributed by atoms with E-state index in [4.69, 9.17) is 0 Å². The first kappa shape index (κ1) is 18.2. The van der Waals surface area contributed by atoms with Crippen LogP contribution in [0, 0.1) is 0 Å². The number of carbonyl (C=O) groups excluding carboxylic acids is 2. The maximum absolute atomic E-state index is 12.2. The van der Waals surface area contributed by atoms with E-state index in [9.17, 15) is 9.59 Å². The van der Waals surface area contributed by atoms with Gasteiger partial charge in [-0.3, -0.25) is 9.59 Å². The maximum Gasteiger partial charge on any atom is 0.252 e. The number of nitrogens with one attached hydrogen (secondary N) is 2. The van der Waals surface area contributed by atoms with Crippen molar-refractivity contribution in [2.75, 3.05) is 13.1 Å². The van der Waals surface area contributed by atoms with E-state index in [-0.39, 0.29) is 11.8 Å². The predicted octanol–water partition coefficient (Wildman–Crippen LogP) is 3.53. The smallest absolute Gasteiger partial charge is 0.252 e. The van der Waals surface area contributed by atoms with Crippen LogP contribution in [0.2, 0.25) is 0 Å². The number of hydrogen-bond donors (Lipinski definition) is 2. The molecule has 1 aromatic carbocycles. The fourth-order valence-electron chi connectivity index (χ4n) is 2.22. The highest BCUT2D eigenvalue weighted by Crippen LogP contribution is 2.09. The van der Waals surface area contributed by atoms with Crippen molar-refractivity contribution in [1.82, 2.24) is 10.6 Å². The summed E-state index contributed by atoms with van der Waals surface area (Å²) < 4.78 is 0. The van der Waals surface area contributed by atoms with Crippen molar-refractivity contribution in [3.63, 3.8) is 0 Å². The van der Waals surface area contributed by atoms with Crippen molar-refractivity contribution >= 4 is 11.8 Å². The molecular formula is C18H28N2O2. The second-order valence-electron chi connectivity index (χ2n) is 5.47. The van der Waals surface area contributed by atoms with Crippen molar-refractivity contribution < 1.29 is 9.59 Å². The largest absolute Gasteiger partial charge is 0.352 e. The van der Waals surface area contributed by atoms with Crippen molar-refractivity contribution in [1.29, 1.82) is 0 Å². The van der Waals surface area contributed by atoms with Crippen molar-refractivity contribution in [2.24, 2.45) is 0 Å². The lowest BCUT2D eigenvalue weighted by Gasteiger charge is -2.10. The highest BCUT2D eigenvalue weighted by Gasteiger charge is 2.15. The molecule has 0 radical (unpaired) electrons. The molecule has 2 amide bonds. The van der Waals surface area contributed by atoms with Gasteiger partial charge < -0.3 is 10.6 Å². The average molecular weight is 304 g/mol. The Bertz CT molecular complexity index is 429. The van der Waals surface area contributed by atoms with E-state index >= 15 is 0 Å². The molecule has 0 aliphatic carbocycles. The fourth-order valence-corrected chi connectivity index (χ4v) is 2.22. The highest BCUT2D eigenvalue weighted by atomic mass is 16.2. The molecule has 0 aliphatic heterocycles. The first-order valence-electron chi connectivity index (χ1n) is 8.36. The second kappa shape index (κ2) is 10.8. The van der Waals surface area contributed by atoms with Crippen LogP contribution in [0.4, 0.5) is 0 Å². The monoisotopic (exact) mass is 304 g/mol. The van der Waals surface area contributed by atoms with Gasteiger partial charge in [-0.15, -0.1) is 0 Å². The number of benzene rings is 1. The van der Waals surface area contributed by atoms with Gasteiger partial charge in [0.1, 0.15) is 0 Å². The molecule has 0 aromatic heterocycles. The molecule has 0 unspecified atom stereocenters. The Morgan fingerprint density at radius 1 is 0.773 bits per heavy atom. The second-order valence-corrected chi connectivity index (χ2v) is 5.47. The Morgan fingerprint density at radius 2 is 1.18 bits per heavy atom. The number of amides is 2. The zero-order valence-corrected chi connectivity index (χ0v) is 13.8. The Balaban J connectivity index is 2.60. The summed E-state index contributed by atoms with van der Waals surface area (Å²) in [5.41, 5.74) is 0.902. The molecule has 4 nitrogen and oxygen atoms in total. The number of unbranched alkanes of at least 4 members (excludes halogenated alkanes) is 4. The van der Waals surface area contributed by atoms with E-state index in [0.29, 0.717) is 24.2 Å². The van der Waals surface area contributed by atoms with Crippen LogP contribution >= 0.6 is 0 Å². The summed E-state index contributed by atoms with van der Waals surface area (Å²) in [6.45, 7) is 5.55. The van der Waals surface area contributed by atoms with Gasteiger partial charge in [0.15, 0.2) is 0 Å². The SMILES string of the molecule is CCCCCNC(=O)c1ccccc1C(=O)NCCCCC. The third kappa shape index (κ3) is 6.29. The molecule has 1 aromatic rings. The summed E-state index contributed by atoms with van der Waals surface area (Å²) in [4.78, 5) is 24.4. The van der Waals surface area contributed by atoms with Gasteiger partial charge in [0.25, 0.3) is 11.8 Å². The van der Waals surface area contributed by atoms with Crippen LogP contribution in [0.5, 0.6) is 0 Å². The normalized spacial score (nSPS) is 10.3. The zero-order chi connectivity index (χ0) is 16.2. The zero-order valence-electron chi connectivity index (χ0n) is 13.8. The Kier molecular flexibility index (Phi) is 8.96. The first-order valence-corrected chi connectivity index (χ1v) is 8.36. The standard InChI is InChI=1S/C18H28N2O2/c1-3-5-9-13-19-17(21)15-11-7-8-12-16(15)18(22)20-14-10-6-4-2/h7-8,11-12H,3-6,9-10,13-14H2,1-2H3,(H,19,21)(H,20,22). The van der Waals surface area contributed by atoms with Crippen molar-refractivity contribution in [2.45, 2.75) is 52.4 Å².